The van der Waals surface area contributed by atoms with E-state index in [2.05, 4.69) is 4.99 Å². The molecular weight excluding hydrogens is 272 g/mol. The molecule has 1 aliphatic rings. The van der Waals surface area contributed by atoms with Gasteiger partial charge >= 0.3 is 5.97 Å². The lowest BCUT2D eigenvalue weighted by molar-refractivity contribution is -0.403. The summed E-state index contributed by atoms with van der Waals surface area (Å²) in [5.41, 5.74) is -0.390. The maximum absolute atomic E-state index is 11.7. The number of rotatable bonds is 4. The number of carbonyl (C=O) groups excluding carboxylic acids is 1. The highest BCUT2D eigenvalue weighted by Crippen LogP contribution is 2.35. The molecular formula is C11H12N2O5S. The molecule has 1 rings (SSSR count). The highest BCUT2D eigenvalue weighted by Gasteiger charge is 2.32. The zero-order valence-electron chi connectivity index (χ0n) is 10.5. The molecule has 0 saturated heterocycles. The van der Waals surface area contributed by atoms with Crippen molar-refractivity contribution in [3.05, 3.63) is 32.4 Å². The summed E-state index contributed by atoms with van der Waals surface area (Å²) in [4.78, 5) is 36.3. The van der Waals surface area contributed by atoms with Crippen molar-refractivity contribution in [3.8, 4) is 0 Å². The number of aliphatic carboxylic acids is 1. The number of nitrogens with zero attached hydrogens (tertiary/aromatic N) is 2. The van der Waals surface area contributed by atoms with Gasteiger partial charge in [-0.05, 0) is 6.92 Å². The van der Waals surface area contributed by atoms with E-state index in [-0.39, 0.29) is 27.0 Å². The molecule has 1 amide bonds. The van der Waals surface area contributed by atoms with Gasteiger partial charge in [-0.2, -0.15) is 0 Å². The molecule has 0 fully saturated rings. The normalized spacial score (nSPS) is 18.0. The van der Waals surface area contributed by atoms with Gasteiger partial charge in [0.25, 0.3) is 5.91 Å². The summed E-state index contributed by atoms with van der Waals surface area (Å²) in [6, 6.07) is 0. The molecule has 0 radical (unpaired) electrons. The van der Waals surface area contributed by atoms with Crippen molar-refractivity contribution in [2.75, 3.05) is 0 Å². The Bertz CT molecular complexity index is 545. The highest BCUT2D eigenvalue weighted by atomic mass is 32.2. The summed E-state index contributed by atoms with van der Waals surface area (Å²) in [6.07, 6.45) is 0.506. The van der Waals surface area contributed by atoms with Crippen molar-refractivity contribution < 1.29 is 19.6 Å². The minimum Gasteiger partial charge on any atom is -0.478 e. The van der Waals surface area contributed by atoms with E-state index in [0.29, 0.717) is 6.20 Å². The lowest BCUT2D eigenvalue weighted by atomic mass is 10.0. The van der Waals surface area contributed by atoms with E-state index in [9.17, 15) is 19.7 Å². The fraction of sp³-hybridized carbons (Fsp3) is 0.364. The number of carboxylic acids is 1. The van der Waals surface area contributed by atoms with Crippen LogP contribution in [0.3, 0.4) is 0 Å². The van der Waals surface area contributed by atoms with E-state index in [1.165, 1.54) is 6.92 Å². The summed E-state index contributed by atoms with van der Waals surface area (Å²) >= 11 is 1.09. The van der Waals surface area contributed by atoms with Gasteiger partial charge in [0.2, 0.25) is 6.20 Å². The summed E-state index contributed by atoms with van der Waals surface area (Å²) in [7, 11) is 0. The molecule has 0 unspecified atom stereocenters. The first-order chi connectivity index (χ1) is 8.73. The molecule has 0 bridgehead atoms. The lowest BCUT2D eigenvalue weighted by Gasteiger charge is -2.17. The van der Waals surface area contributed by atoms with Crippen molar-refractivity contribution in [2.24, 2.45) is 4.99 Å². The molecule has 1 N–H and O–H groups in total. The van der Waals surface area contributed by atoms with Gasteiger partial charge in [0, 0.05) is 10.2 Å². The average molecular weight is 284 g/mol. The Morgan fingerprint density at radius 3 is 2.53 bits per heavy atom. The van der Waals surface area contributed by atoms with Gasteiger partial charge in [0.1, 0.15) is 5.57 Å². The van der Waals surface area contributed by atoms with Gasteiger partial charge < -0.3 is 5.11 Å². The molecule has 0 atom stereocenters. The van der Waals surface area contributed by atoms with E-state index in [0.717, 1.165) is 11.8 Å². The number of amides is 1. The van der Waals surface area contributed by atoms with Crippen molar-refractivity contribution in [2.45, 2.75) is 26.0 Å². The molecule has 0 spiro atoms. The quantitative estimate of drug-likeness (QED) is 0.477. The van der Waals surface area contributed by atoms with Crippen LogP contribution >= 0.6 is 11.8 Å². The van der Waals surface area contributed by atoms with Crippen molar-refractivity contribution in [3.63, 3.8) is 0 Å². The van der Waals surface area contributed by atoms with Gasteiger partial charge in [-0.1, -0.05) is 13.8 Å². The number of carboxylic acid groups (broad SMARTS) is 1. The zero-order valence-corrected chi connectivity index (χ0v) is 11.4. The standard InChI is InChI=1S/C11H12N2O5S/c1-5(2)19-9-7(4-13(17)18)10(14)12-6(3)8(9)11(15)16/h4-5H,1-3H3,(H,15,16)/b7-4+. The minimum atomic E-state index is -1.26. The Kier molecular flexibility index (Phi) is 4.60. The molecule has 0 saturated carbocycles. The molecule has 19 heavy (non-hydrogen) atoms. The van der Waals surface area contributed by atoms with E-state index in [4.69, 9.17) is 5.11 Å². The molecule has 8 heteroatoms. The van der Waals surface area contributed by atoms with Crippen LogP contribution in [0, 0.1) is 10.1 Å². The Hall–Kier alpha value is -1.96. The molecule has 1 aliphatic heterocycles. The van der Waals surface area contributed by atoms with Gasteiger partial charge in [-0.15, -0.1) is 11.8 Å². The lowest BCUT2D eigenvalue weighted by Crippen LogP contribution is -2.22. The minimum absolute atomic E-state index is 0.0294. The topological polar surface area (TPSA) is 110 Å². The van der Waals surface area contributed by atoms with Gasteiger partial charge in [0.15, 0.2) is 0 Å². The Balaban J connectivity index is 3.51. The summed E-state index contributed by atoms with van der Waals surface area (Å²) in [5, 5.41) is 19.7. The third-order valence-corrected chi connectivity index (χ3v) is 3.27. The predicted octanol–water partition coefficient (Wildman–Crippen LogP) is 1.63. The number of hydrogen-bond donors (Lipinski definition) is 1. The third-order valence-electron chi connectivity index (χ3n) is 2.14. The van der Waals surface area contributed by atoms with Crippen molar-refractivity contribution in [1.29, 1.82) is 0 Å². The summed E-state index contributed by atoms with van der Waals surface area (Å²) in [6.45, 7) is 4.99. The van der Waals surface area contributed by atoms with E-state index in [1.807, 2.05) is 0 Å². The molecule has 0 aromatic carbocycles. The van der Waals surface area contributed by atoms with Crippen LogP contribution < -0.4 is 0 Å². The maximum Gasteiger partial charge on any atom is 0.338 e. The average Bonchev–Trinajstić information content (AvgIpc) is 2.21. The number of nitro groups is 1. The van der Waals surface area contributed by atoms with Crippen LogP contribution in [0.1, 0.15) is 20.8 Å². The first-order valence-corrected chi connectivity index (χ1v) is 6.22. The van der Waals surface area contributed by atoms with Gasteiger partial charge in [-0.3, -0.25) is 14.9 Å². The molecule has 0 aliphatic carbocycles. The van der Waals surface area contributed by atoms with Gasteiger partial charge in [0.05, 0.1) is 16.2 Å². The van der Waals surface area contributed by atoms with Crippen LogP contribution in [0.25, 0.3) is 0 Å². The molecule has 0 aromatic heterocycles. The summed E-state index contributed by atoms with van der Waals surface area (Å²) < 4.78 is 0. The first-order valence-electron chi connectivity index (χ1n) is 5.34. The Morgan fingerprint density at radius 1 is 1.53 bits per heavy atom. The van der Waals surface area contributed by atoms with Crippen molar-refractivity contribution >= 4 is 29.4 Å². The number of dihydropyridines is 1. The predicted molar refractivity (Wildman–Crippen MR) is 70.6 cm³/mol. The Labute approximate surface area is 113 Å². The largest absolute Gasteiger partial charge is 0.478 e. The number of thioether (sulfide) groups is 1. The summed E-state index contributed by atoms with van der Waals surface area (Å²) in [5.74, 6) is -2.05. The second-order valence-corrected chi connectivity index (χ2v) is 5.59. The monoisotopic (exact) mass is 284 g/mol. The second-order valence-electron chi connectivity index (χ2n) is 4.01. The van der Waals surface area contributed by atoms with Crippen LogP contribution in [0.15, 0.2) is 27.2 Å². The van der Waals surface area contributed by atoms with Crippen LogP contribution in [0.4, 0.5) is 0 Å². The fourth-order valence-corrected chi connectivity index (χ4v) is 2.59. The van der Waals surface area contributed by atoms with E-state index < -0.39 is 16.8 Å². The highest BCUT2D eigenvalue weighted by molar-refractivity contribution is 8.04. The number of aliphatic imine (C=N–C) groups is 1. The van der Waals surface area contributed by atoms with Crippen LogP contribution in [0.5, 0.6) is 0 Å². The first kappa shape index (κ1) is 15.1. The SMILES string of the molecule is CC1=NC(=O)/C(=C/[N+](=O)[O-])C(SC(C)C)=C1C(=O)O. The Morgan fingerprint density at radius 2 is 2.11 bits per heavy atom. The smallest absolute Gasteiger partial charge is 0.338 e. The molecule has 102 valence electrons. The fourth-order valence-electron chi connectivity index (χ4n) is 1.49. The maximum atomic E-state index is 11.7. The third kappa shape index (κ3) is 3.50. The van der Waals surface area contributed by atoms with Crippen LogP contribution in [-0.4, -0.2) is 32.9 Å². The number of hydrogen-bond acceptors (Lipinski definition) is 5. The molecule has 1 heterocycles. The number of carbonyl (C=O) groups is 2. The van der Waals surface area contributed by atoms with Crippen LogP contribution in [-0.2, 0) is 9.59 Å². The zero-order chi connectivity index (χ0) is 14.7. The molecule has 7 nitrogen and oxygen atoms in total. The van der Waals surface area contributed by atoms with Crippen LogP contribution in [0.2, 0.25) is 0 Å². The second kappa shape index (κ2) is 5.79. The van der Waals surface area contributed by atoms with Crippen molar-refractivity contribution in [1.82, 2.24) is 0 Å². The van der Waals surface area contributed by atoms with E-state index in [1.54, 1.807) is 13.8 Å². The van der Waals surface area contributed by atoms with Gasteiger partial charge in [-0.25, -0.2) is 9.79 Å². The molecule has 0 aromatic rings. The van der Waals surface area contributed by atoms with E-state index >= 15 is 0 Å².